The zero-order valence-electron chi connectivity index (χ0n) is 15.4. The highest BCUT2D eigenvalue weighted by molar-refractivity contribution is 6.31. The number of hydrogen-bond acceptors (Lipinski definition) is 4. The van der Waals surface area contributed by atoms with Gasteiger partial charge in [-0.05, 0) is 48.0 Å². The molecule has 0 radical (unpaired) electrons. The number of rotatable bonds is 5. The molecule has 1 aliphatic heterocycles. The van der Waals surface area contributed by atoms with Crippen molar-refractivity contribution in [2.75, 3.05) is 7.11 Å². The van der Waals surface area contributed by atoms with Crippen LogP contribution in [0.2, 0.25) is 5.02 Å². The van der Waals surface area contributed by atoms with Crippen LogP contribution in [0.4, 0.5) is 4.39 Å². The number of halogens is 2. The molecule has 3 aromatic carbocycles. The average molecular weight is 411 g/mol. The molecule has 0 saturated carbocycles. The number of carbonyl (C=O) groups excluding carboxylic acids is 1. The Balaban J connectivity index is 1.53. The molecular weight excluding hydrogens is 395 g/mol. The fourth-order valence-corrected chi connectivity index (χ4v) is 3.18. The van der Waals surface area contributed by atoms with Gasteiger partial charge >= 0.3 is 0 Å². The molecule has 0 unspecified atom stereocenters. The highest BCUT2D eigenvalue weighted by atomic mass is 35.5. The summed E-state index contributed by atoms with van der Waals surface area (Å²) >= 11 is 6.02. The molecule has 0 atom stereocenters. The summed E-state index contributed by atoms with van der Waals surface area (Å²) in [6.07, 6.45) is 1.66. The SMILES string of the molecule is COc1cccc(/C=C2\Oc3cc(OCc4c(F)cccc4Cl)ccc3C2=O)c1. The van der Waals surface area contributed by atoms with E-state index < -0.39 is 5.82 Å². The van der Waals surface area contributed by atoms with Crippen LogP contribution in [-0.2, 0) is 6.61 Å². The molecule has 0 aliphatic carbocycles. The summed E-state index contributed by atoms with van der Waals surface area (Å²) in [4.78, 5) is 12.6. The van der Waals surface area contributed by atoms with E-state index in [2.05, 4.69) is 0 Å². The highest BCUT2D eigenvalue weighted by Gasteiger charge is 2.27. The number of fused-ring (bicyclic) bond motifs is 1. The van der Waals surface area contributed by atoms with Gasteiger partial charge in [0, 0.05) is 11.6 Å². The Bertz CT molecular complexity index is 1100. The van der Waals surface area contributed by atoms with Crippen LogP contribution >= 0.6 is 11.6 Å². The van der Waals surface area contributed by atoms with Crippen molar-refractivity contribution in [1.82, 2.24) is 0 Å². The van der Waals surface area contributed by atoms with Crippen LogP contribution < -0.4 is 14.2 Å². The minimum atomic E-state index is -0.436. The Hall–Kier alpha value is -3.31. The van der Waals surface area contributed by atoms with E-state index in [0.29, 0.717) is 27.8 Å². The van der Waals surface area contributed by atoms with E-state index in [-0.39, 0.29) is 23.7 Å². The van der Waals surface area contributed by atoms with Crippen molar-refractivity contribution in [3.63, 3.8) is 0 Å². The molecule has 0 N–H and O–H groups in total. The zero-order chi connectivity index (χ0) is 20.4. The van der Waals surface area contributed by atoms with E-state index in [1.54, 1.807) is 43.5 Å². The number of benzene rings is 3. The summed E-state index contributed by atoms with van der Waals surface area (Å²) in [5.41, 5.74) is 1.49. The maximum absolute atomic E-state index is 13.9. The van der Waals surface area contributed by atoms with Crippen LogP contribution in [0.25, 0.3) is 6.08 Å². The molecule has 146 valence electrons. The third-order valence-corrected chi connectivity index (χ3v) is 4.83. The van der Waals surface area contributed by atoms with Crippen LogP contribution in [0.15, 0.2) is 66.4 Å². The van der Waals surface area contributed by atoms with Crippen LogP contribution in [0, 0.1) is 5.82 Å². The van der Waals surface area contributed by atoms with Gasteiger partial charge in [0.15, 0.2) is 5.76 Å². The molecule has 29 heavy (non-hydrogen) atoms. The van der Waals surface area contributed by atoms with Crippen molar-refractivity contribution in [3.05, 3.63) is 94.0 Å². The molecule has 3 aromatic rings. The van der Waals surface area contributed by atoms with Crippen molar-refractivity contribution in [1.29, 1.82) is 0 Å². The minimum absolute atomic E-state index is 0.0370. The molecule has 0 bridgehead atoms. The second-order valence-electron chi connectivity index (χ2n) is 6.36. The normalized spacial score (nSPS) is 13.9. The molecule has 0 fully saturated rings. The summed E-state index contributed by atoms with van der Waals surface area (Å²) in [5.74, 6) is 1.08. The van der Waals surface area contributed by atoms with Gasteiger partial charge in [0.1, 0.15) is 29.7 Å². The van der Waals surface area contributed by atoms with E-state index in [0.717, 1.165) is 5.56 Å². The first-order valence-corrected chi connectivity index (χ1v) is 9.21. The number of ketones is 1. The van der Waals surface area contributed by atoms with Crippen LogP contribution in [0.1, 0.15) is 21.5 Å². The number of carbonyl (C=O) groups is 1. The molecule has 1 aliphatic rings. The molecule has 0 amide bonds. The van der Waals surface area contributed by atoms with Gasteiger partial charge in [-0.15, -0.1) is 0 Å². The van der Waals surface area contributed by atoms with Gasteiger partial charge in [-0.2, -0.15) is 0 Å². The first kappa shape index (κ1) is 19.0. The zero-order valence-corrected chi connectivity index (χ0v) is 16.2. The average Bonchev–Trinajstić information content (AvgIpc) is 3.02. The van der Waals surface area contributed by atoms with E-state index in [1.165, 1.54) is 12.1 Å². The summed E-state index contributed by atoms with van der Waals surface area (Å²) in [6, 6.07) is 16.6. The second kappa shape index (κ2) is 7.97. The van der Waals surface area contributed by atoms with Gasteiger partial charge in [0.25, 0.3) is 0 Å². The second-order valence-corrected chi connectivity index (χ2v) is 6.77. The van der Waals surface area contributed by atoms with Crippen molar-refractivity contribution in [3.8, 4) is 17.2 Å². The Morgan fingerprint density at radius 2 is 1.90 bits per heavy atom. The van der Waals surface area contributed by atoms with Crippen LogP contribution in [0.5, 0.6) is 17.2 Å². The number of Topliss-reactive ketones (excluding diaryl/α,β-unsaturated/α-hetero) is 1. The van der Waals surface area contributed by atoms with Crippen molar-refractivity contribution in [2.45, 2.75) is 6.61 Å². The number of hydrogen-bond donors (Lipinski definition) is 0. The van der Waals surface area contributed by atoms with Gasteiger partial charge in [0.2, 0.25) is 5.78 Å². The van der Waals surface area contributed by atoms with Gasteiger partial charge in [-0.1, -0.05) is 29.8 Å². The largest absolute Gasteiger partial charge is 0.497 e. The maximum atomic E-state index is 13.9. The molecule has 6 heteroatoms. The molecule has 0 spiro atoms. The van der Waals surface area contributed by atoms with Crippen molar-refractivity contribution < 1.29 is 23.4 Å². The summed E-state index contributed by atoms with van der Waals surface area (Å²) in [7, 11) is 1.58. The van der Waals surface area contributed by atoms with Crippen molar-refractivity contribution in [2.24, 2.45) is 0 Å². The lowest BCUT2D eigenvalue weighted by molar-refractivity contribution is 0.101. The smallest absolute Gasteiger partial charge is 0.231 e. The first-order valence-electron chi connectivity index (χ1n) is 8.83. The van der Waals surface area contributed by atoms with E-state index in [1.807, 2.05) is 18.2 Å². The molecular formula is C23H16ClFO4. The molecule has 1 heterocycles. The first-order chi connectivity index (χ1) is 14.0. The van der Waals surface area contributed by atoms with Crippen LogP contribution in [0.3, 0.4) is 0 Å². The van der Waals surface area contributed by atoms with Gasteiger partial charge in [0.05, 0.1) is 17.7 Å². The van der Waals surface area contributed by atoms with E-state index in [4.69, 9.17) is 25.8 Å². The molecule has 4 nitrogen and oxygen atoms in total. The molecule has 0 saturated heterocycles. The minimum Gasteiger partial charge on any atom is -0.497 e. The standard InChI is InChI=1S/C23H16ClFO4/c1-27-15-5-2-4-14(10-15)11-22-23(26)17-9-8-16(12-21(17)29-22)28-13-18-19(24)6-3-7-20(18)25/h2-12H,13H2,1H3/b22-11-. The fourth-order valence-electron chi connectivity index (χ4n) is 2.97. The summed E-state index contributed by atoms with van der Waals surface area (Å²) in [6.45, 7) is -0.0370. The molecule has 0 aromatic heterocycles. The number of ether oxygens (including phenoxy) is 3. The number of allylic oxidation sites excluding steroid dienone is 1. The van der Waals surface area contributed by atoms with E-state index >= 15 is 0 Å². The predicted molar refractivity (Wildman–Crippen MR) is 108 cm³/mol. The Morgan fingerprint density at radius 3 is 2.69 bits per heavy atom. The van der Waals surface area contributed by atoms with Gasteiger partial charge < -0.3 is 14.2 Å². The lowest BCUT2D eigenvalue weighted by atomic mass is 10.1. The predicted octanol–water partition coefficient (Wildman–Crippen LogP) is 5.68. The maximum Gasteiger partial charge on any atom is 0.231 e. The molecule has 4 rings (SSSR count). The van der Waals surface area contributed by atoms with E-state index in [9.17, 15) is 9.18 Å². The van der Waals surface area contributed by atoms with Crippen LogP contribution in [-0.4, -0.2) is 12.9 Å². The Morgan fingerprint density at radius 1 is 1.07 bits per heavy atom. The topological polar surface area (TPSA) is 44.8 Å². The Kier molecular flexibility index (Phi) is 5.23. The number of methoxy groups -OCH3 is 1. The Labute approximate surface area is 172 Å². The van der Waals surface area contributed by atoms with Crippen molar-refractivity contribution >= 4 is 23.5 Å². The van der Waals surface area contributed by atoms with Gasteiger partial charge in [-0.25, -0.2) is 4.39 Å². The third-order valence-electron chi connectivity index (χ3n) is 4.48. The lowest BCUT2D eigenvalue weighted by Crippen LogP contribution is -1.99. The summed E-state index contributed by atoms with van der Waals surface area (Å²) < 4.78 is 30.5. The fraction of sp³-hybridized carbons (Fsp3) is 0.0870. The third kappa shape index (κ3) is 3.96. The lowest BCUT2D eigenvalue weighted by Gasteiger charge is -2.09. The quantitative estimate of drug-likeness (QED) is 0.507. The summed E-state index contributed by atoms with van der Waals surface area (Å²) in [5, 5.41) is 0.293. The highest BCUT2D eigenvalue weighted by Crippen LogP contribution is 2.35. The monoisotopic (exact) mass is 410 g/mol. The van der Waals surface area contributed by atoms with Gasteiger partial charge in [-0.3, -0.25) is 4.79 Å².